The maximum absolute atomic E-state index is 14.4. The van der Waals surface area contributed by atoms with Crippen LogP contribution in [0.15, 0.2) is 174 Å². The molecule has 16 heteroatoms. The van der Waals surface area contributed by atoms with Crippen LogP contribution in [0.4, 0.5) is 43.9 Å². The van der Waals surface area contributed by atoms with Crippen LogP contribution in [0.3, 0.4) is 0 Å². The molecule has 12 rings (SSSR count). The van der Waals surface area contributed by atoms with Gasteiger partial charge in [0, 0.05) is 36.6 Å². The van der Waals surface area contributed by atoms with Gasteiger partial charge >= 0.3 is 18.5 Å². The molecule has 0 aliphatic heterocycles. The SMILES string of the molecule is CC(C)c1cc(-c2ccccc2)cc(C(C)C)c1-n1c(-c2[c-]ccc3c2oc2c4cc(F)ccc4ccc32)nc2ccccc21.FC(F)(F)c1c[c-]c(-c2nc3ccccc3n2-c2c(C(F)(F)F)cccc2C(F)(F)F)cc1.[Ir]. The smallest absolute Gasteiger partial charge is 0.418 e. The third-order valence-corrected chi connectivity index (χ3v) is 13.7. The predicted octanol–water partition coefficient (Wildman–Crippen LogP) is 19.1. The Morgan fingerprint density at radius 3 is 1.62 bits per heavy atom. The molecule has 79 heavy (non-hydrogen) atoms. The molecule has 5 nitrogen and oxygen atoms in total. The molecule has 0 bridgehead atoms. The number of alkyl halides is 9. The van der Waals surface area contributed by atoms with Gasteiger partial charge in [-0.25, -0.2) is 4.39 Å². The number of fused-ring (bicyclic) bond motifs is 7. The third kappa shape index (κ3) is 9.97. The van der Waals surface area contributed by atoms with E-state index in [1.165, 1.54) is 52.6 Å². The van der Waals surface area contributed by atoms with Gasteiger partial charge in [0.05, 0.1) is 56.1 Å². The van der Waals surface area contributed by atoms with E-state index in [-0.39, 0.29) is 54.4 Å². The number of aromatic nitrogens is 4. The first-order valence-corrected chi connectivity index (χ1v) is 24.7. The van der Waals surface area contributed by atoms with E-state index in [1.807, 2.05) is 24.3 Å². The van der Waals surface area contributed by atoms with Crippen LogP contribution < -0.4 is 0 Å². The van der Waals surface area contributed by atoms with Crippen LogP contribution in [0.2, 0.25) is 0 Å². The van der Waals surface area contributed by atoms with Crippen LogP contribution in [0.1, 0.15) is 67.3 Å². The molecule has 0 atom stereocenters. The number of para-hydroxylation sites is 5. The Morgan fingerprint density at radius 2 is 1.05 bits per heavy atom. The Hall–Kier alpha value is -8.07. The van der Waals surface area contributed by atoms with E-state index < -0.39 is 46.7 Å². The molecule has 0 aliphatic rings. The van der Waals surface area contributed by atoms with Crippen LogP contribution in [-0.4, -0.2) is 19.1 Å². The minimum absolute atomic E-state index is 0. The van der Waals surface area contributed by atoms with Crippen LogP contribution in [0, 0.1) is 17.9 Å². The Bertz CT molecular complexity index is 4190. The summed E-state index contributed by atoms with van der Waals surface area (Å²) in [7, 11) is 0. The minimum Gasteiger partial charge on any atom is -0.500 e. The summed E-state index contributed by atoms with van der Waals surface area (Å²) in [6.07, 6.45) is -15.0. The largest absolute Gasteiger partial charge is 0.500 e. The van der Waals surface area contributed by atoms with Gasteiger partial charge in [-0.15, -0.1) is 48.0 Å². The van der Waals surface area contributed by atoms with E-state index in [0.29, 0.717) is 46.1 Å². The van der Waals surface area contributed by atoms with Gasteiger partial charge in [0.15, 0.2) is 0 Å². The van der Waals surface area contributed by atoms with Crippen molar-refractivity contribution in [2.24, 2.45) is 0 Å². The Morgan fingerprint density at radius 1 is 0.494 bits per heavy atom. The first-order valence-electron chi connectivity index (χ1n) is 24.7. The standard InChI is InChI=1S/C41H32FN2O.C22H10F9N2.Ir/c1-24(2)33-21-28(26-11-6-5-7-12-26)22-34(25(3)4)38(33)44-37-16-9-8-15-36(37)43-41(44)32-14-10-13-30-31-20-18-27-17-19-29(42)23-35(27)40(31)45-39(30)32;23-20(24,25)13-10-8-12(9-11-13)19-32-16-6-1-2-7-17(16)33(19)18-14(21(26,27)28)4-3-5-15(18)22(29,30)31;/h5-13,15-25H,1-4H3;1-8,10-11H;/q2*-1;. The second kappa shape index (κ2) is 20.6. The summed E-state index contributed by atoms with van der Waals surface area (Å²) in [4.78, 5) is 9.36. The second-order valence-corrected chi connectivity index (χ2v) is 19.4. The zero-order valence-electron chi connectivity index (χ0n) is 42.1. The molecule has 1 radical (unpaired) electrons. The summed E-state index contributed by atoms with van der Waals surface area (Å²) in [5.41, 5.74) is 4.41. The second-order valence-electron chi connectivity index (χ2n) is 19.4. The van der Waals surface area contributed by atoms with Crippen molar-refractivity contribution in [3.63, 3.8) is 0 Å². The molecule has 0 spiro atoms. The number of nitrogens with zero attached hydrogens (tertiary/aromatic N) is 4. The first kappa shape index (κ1) is 54.3. The van der Waals surface area contributed by atoms with Gasteiger partial charge in [0.1, 0.15) is 11.4 Å². The van der Waals surface area contributed by atoms with Gasteiger partial charge < -0.3 is 13.6 Å². The molecule has 0 amide bonds. The quantitative estimate of drug-likeness (QED) is 0.118. The topological polar surface area (TPSA) is 48.8 Å². The number of imidazole rings is 2. The van der Waals surface area contributed by atoms with Crippen molar-refractivity contribution in [3.05, 3.63) is 216 Å². The van der Waals surface area contributed by atoms with E-state index in [2.05, 4.69) is 116 Å². The minimum atomic E-state index is -5.16. The predicted molar refractivity (Wildman–Crippen MR) is 284 cm³/mol. The number of hydrogen-bond donors (Lipinski definition) is 0. The van der Waals surface area contributed by atoms with Crippen LogP contribution >= 0.6 is 0 Å². The van der Waals surface area contributed by atoms with E-state index >= 15 is 0 Å². The van der Waals surface area contributed by atoms with Crippen molar-refractivity contribution in [1.82, 2.24) is 19.1 Å². The van der Waals surface area contributed by atoms with Gasteiger partial charge in [-0.05, 0) is 106 Å². The molecule has 0 fully saturated rings. The van der Waals surface area contributed by atoms with E-state index in [4.69, 9.17) is 9.40 Å². The molecule has 9 aromatic carbocycles. The maximum Gasteiger partial charge on any atom is 0.418 e. The van der Waals surface area contributed by atoms with Crippen molar-refractivity contribution < 1.29 is 68.4 Å². The Labute approximate surface area is 459 Å². The van der Waals surface area contributed by atoms with Crippen molar-refractivity contribution in [1.29, 1.82) is 0 Å². The zero-order chi connectivity index (χ0) is 55.0. The summed E-state index contributed by atoms with van der Waals surface area (Å²) in [5.74, 6) is 0.565. The summed E-state index contributed by atoms with van der Waals surface area (Å²) in [5, 5.41) is 3.58. The molecule has 3 aromatic heterocycles. The fraction of sp³-hybridized carbons (Fsp3) is 0.143. The first-order chi connectivity index (χ1) is 37.2. The van der Waals surface area contributed by atoms with Crippen LogP contribution in [0.5, 0.6) is 0 Å². The molecular weight excluding hydrogens is 1210 g/mol. The average molecular weight is 1250 g/mol. The van der Waals surface area contributed by atoms with E-state index in [1.54, 1.807) is 12.1 Å². The molecule has 0 aliphatic carbocycles. The van der Waals surface area contributed by atoms with Crippen molar-refractivity contribution >= 4 is 54.8 Å². The number of rotatable bonds is 7. The summed E-state index contributed by atoms with van der Waals surface area (Å²) >= 11 is 0. The fourth-order valence-electron chi connectivity index (χ4n) is 10.1. The van der Waals surface area contributed by atoms with E-state index in [0.717, 1.165) is 55.7 Å². The fourth-order valence-corrected chi connectivity index (χ4v) is 10.1. The number of hydrogen-bond acceptors (Lipinski definition) is 3. The number of benzene rings is 9. The van der Waals surface area contributed by atoms with E-state index in [9.17, 15) is 43.9 Å². The molecule has 0 saturated carbocycles. The zero-order valence-corrected chi connectivity index (χ0v) is 44.5. The normalized spacial score (nSPS) is 12.3. The average Bonchev–Trinajstić information content (AvgIpc) is 4.36. The number of furan rings is 1. The van der Waals surface area contributed by atoms with Gasteiger partial charge in [-0.1, -0.05) is 118 Å². The van der Waals surface area contributed by atoms with Gasteiger partial charge in [-0.3, -0.25) is 9.97 Å². The van der Waals surface area contributed by atoms with Crippen molar-refractivity contribution in [3.8, 4) is 45.3 Å². The van der Waals surface area contributed by atoms with Crippen molar-refractivity contribution in [2.45, 2.75) is 58.1 Å². The summed E-state index contributed by atoms with van der Waals surface area (Å²) < 4.78 is 146. The molecule has 0 unspecified atom stereocenters. The molecular formula is C63H42F10IrN4O-2. The Balaban J connectivity index is 0.000000185. The summed E-state index contributed by atoms with van der Waals surface area (Å²) in [6.45, 7) is 9.03. The molecule has 12 aromatic rings. The van der Waals surface area contributed by atoms with Crippen molar-refractivity contribution in [2.75, 3.05) is 0 Å². The van der Waals surface area contributed by atoms with Crippen LogP contribution in [-0.2, 0) is 38.6 Å². The van der Waals surface area contributed by atoms with Gasteiger partial charge in [0.25, 0.3) is 0 Å². The molecule has 0 saturated heterocycles. The third-order valence-electron chi connectivity index (χ3n) is 13.7. The Kier molecular flexibility index (Phi) is 14.2. The van der Waals surface area contributed by atoms with Gasteiger partial charge in [-0.2, -0.15) is 39.5 Å². The summed E-state index contributed by atoms with van der Waals surface area (Å²) in [6, 6.07) is 51.5. The molecule has 0 N–H and O–H groups in total. The number of halogens is 10. The maximum atomic E-state index is 14.4. The monoisotopic (exact) mass is 1250 g/mol. The van der Waals surface area contributed by atoms with Gasteiger partial charge in [0.2, 0.25) is 0 Å². The molecule has 3 heterocycles. The molecule has 401 valence electrons. The van der Waals surface area contributed by atoms with Crippen LogP contribution in [0.25, 0.3) is 100 Å².